The van der Waals surface area contributed by atoms with Gasteiger partial charge in [-0.25, -0.2) is 5.26 Å². The SMILES string of the molecule is Nc1ccc2cc(S(=O)(=O)O)cc(O)c2c1/N=N/c1ccc(CCCOSOOO)cc1S(=O)(=O)O. The molecule has 3 aromatic rings. The number of fused-ring (bicyclic) bond motifs is 1. The van der Waals surface area contributed by atoms with Crippen LogP contribution in [0.5, 0.6) is 5.75 Å². The van der Waals surface area contributed by atoms with Crippen LogP contribution in [0.1, 0.15) is 12.0 Å². The van der Waals surface area contributed by atoms with E-state index >= 15 is 0 Å². The van der Waals surface area contributed by atoms with Crippen molar-refractivity contribution in [1.29, 1.82) is 0 Å². The largest absolute Gasteiger partial charge is 0.507 e. The van der Waals surface area contributed by atoms with Crippen molar-refractivity contribution >= 4 is 60.4 Å². The van der Waals surface area contributed by atoms with Gasteiger partial charge in [-0.05, 0) is 48.1 Å². The van der Waals surface area contributed by atoms with Gasteiger partial charge in [-0.15, -0.1) is 14.6 Å². The first-order valence-electron chi connectivity index (χ1n) is 9.73. The van der Waals surface area contributed by atoms with Crippen LogP contribution in [0.4, 0.5) is 17.1 Å². The lowest BCUT2D eigenvalue weighted by Crippen LogP contribution is -2.00. The molecule has 3 rings (SSSR count). The third kappa shape index (κ3) is 6.87. The predicted octanol–water partition coefficient (Wildman–Crippen LogP) is 3.97. The Balaban J connectivity index is 1.96. The zero-order chi connectivity index (χ0) is 26.5. The van der Waals surface area contributed by atoms with Crippen molar-refractivity contribution in [2.75, 3.05) is 12.3 Å². The number of aryl methyl sites for hydroxylation is 1. The van der Waals surface area contributed by atoms with Gasteiger partial charge in [-0.1, -0.05) is 17.2 Å². The van der Waals surface area contributed by atoms with Crippen molar-refractivity contribution in [3.8, 4) is 5.75 Å². The van der Waals surface area contributed by atoms with Gasteiger partial charge in [0.25, 0.3) is 20.2 Å². The van der Waals surface area contributed by atoms with Crippen LogP contribution in [-0.4, -0.2) is 42.9 Å². The maximum Gasteiger partial charge on any atom is 0.296 e. The number of nitrogens with zero attached hydrogens (tertiary/aromatic N) is 2. The van der Waals surface area contributed by atoms with Crippen LogP contribution < -0.4 is 5.73 Å². The quantitative estimate of drug-likeness (QED) is 0.0425. The lowest BCUT2D eigenvalue weighted by molar-refractivity contribution is -0.434. The fraction of sp³-hybridized carbons (Fsp3) is 0.158. The number of nitrogens with two attached hydrogens (primary N) is 1. The van der Waals surface area contributed by atoms with E-state index < -0.39 is 35.8 Å². The van der Waals surface area contributed by atoms with Crippen molar-refractivity contribution in [2.24, 2.45) is 10.2 Å². The molecule has 6 N–H and O–H groups in total. The number of aromatic hydroxyl groups is 1. The maximum atomic E-state index is 12.0. The summed E-state index contributed by atoms with van der Waals surface area (Å²) in [5.74, 6) is -0.567. The van der Waals surface area contributed by atoms with Crippen LogP contribution in [0.15, 0.2) is 62.5 Å². The van der Waals surface area contributed by atoms with E-state index in [1.54, 1.807) is 6.07 Å². The first-order chi connectivity index (χ1) is 16.9. The summed E-state index contributed by atoms with van der Waals surface area (Å²) in [5.41, 5.74) is 6.17. The van der Waals surface area contributed by atoms with Crippen LogP contribution in [0.2, 0.25) is 0 Å². The molecule has 3 aromatic carbocycles. The van der Waals surface area contributed by atoms with Gasteiger partial charge in [0.1, 0.15) is 22.0 Å². The molecule has 0 aliphatic rings. The summed E-state index contributed by atoms with van der Waals surface area (Å²) in [4.78, 5) is -1.09. The fourth-order valence-electron chi connectivity index (χ4n) is 3.18. The number of phenolic OH excluding ortho intramolecular Hbond substituents is 1. The maximum absolute atomic E-state index is 12.0. The second kappa shape index (κ2) is 11.5. The Kier molecular flexibility index (Phi) is 8.82. The zero-order valence-corrected chi connectivity index (χ0v) is 20.5. The Labute approximate surface area is 209 Å². The average Bonchev–Trinajstić information content (AvgIpc) is 2.80. The van der Waals surface area contributed by atoms with E-state index in [1.165, 1.54) is 24.3 Å². The molecular weight excluding hydrogens is 542 g/mol. The predicted molar refractivity (Wildman–Crippen MR) is 127 cm³/mol. The number of nitrogen functional groups attached to an aromatic ring is 1. The minimum absolute atomic E-state index is 0.00428. The van der Waals surface area contributed by atoms with Crippen LogP contribution >= 0.6 is 12.3 Å². The van der Waals surface area contributed by atoms with E-state index in [-0.39, 0.29) is 34.4 Å². The number of azo groups is 1. The van der Waals surface area contributed by atoms with Crippen LogP contribution in [0, 0.1) is 0 Å². The smallest absolute Gasteiger partial charge is 0.296 e. The van der Waals surface area contributed by atoms with Gasteiger partial charge in [0, 0.05) is 6.07 Å². The Morgan fingerprint density at radius 3 is 2.39 bits per heavy atom. The van der Waals surface area contributed by atoms with Crippen molar-refractivity contribution in [1.82, 2.24) is 0 Å². The van der Waals surface area contributed by atoms with Crippen molar-refractivity contribution < 1.29 is 49.9 Å². The number of phenols is 1. The molecule has 0 radical (unpaired) electrons. The molecule has 36 heavy (non-hydrogen) atoms. The molecule has 0 heterocycles. The van der Waals surface area contributed by atoms with Crippen molar-refractivity contribution in [3.05, 3.63) is 48.0 Å². The normalized spacial score (nSPS) is 12.5. The summed E-state index contributed by atoms with van der Waals surface area (Å²) in [6.45, 7) is 0.167. The molecule has 0 bridgehead atoms. The highest BCUT2D eigenvalue weighted by molar-refractivity contribution is 7.89. The average molecular weight is 562 g/mol. The number of rotatable bonds is 11. The monoisotopic (exact) mass is 561 g/mol. The number of anilines is 1. The number of hydrogen-bond donors (Lipinski definition) is 5. The summed E-state index contributed by atoms with van der Waals surface area (Å²) in [5, 5.41) is 29.7. The van der Waals surface area contributed by atoms with Gasteiger partial charge < -0.3 is 10.8 Å². The Morgan fingerprint density at radius 2 is 1.72 bits per heavy atom. The highest BCUT2D eigenvalue weighted by Crippen LogP contribution is 2.40. The van der Waals surface area contributed by atoms with Gasteiger partial charge in [0.2, 0.25) is 0 Å². The van der Waals surface area contributed by atoms with Gasteiger partial charge in [0.15, 0.2) is 12.3 Å². The molecule has 0 unspecified atom stereocenters. The summed E-state index contributed by atoms with van der Waals surface area (Å²) in [6, 6.07) is 8.69. The first-order valence-corrected chi connectivity index (χ1v) is 13.3. The lowest BCUT2D eigenvalue weighted by Gasteiger charge is -2.09. The fourth-order valence-corrected chi connectivity index (χ4v) is 4.64. The summed E-state index contributed by atoms with van der Waals surface area (Å²) >= 11 is 0.402. The number of benzene rings is 3. The van der Waals surface area contributed by atoms with Crippen LogP contribution in [0.3, 0.4) is 0 Å². The minimum atomic E-state index is -4.71. The molecule has 0 spiro atoms. The molecule has 0 aliphatic carbocycles. The second-order valence-electron chi connectivity index (χ2n) is 7.13. The van der Waals surface area contributed by atoms with Crippen molar-refractivity contribution in [3.63, 3.8) is 0 Å². The molecule has 17 heteroatoms. The summed E-state index contributed by atoms with van der Waals surface area (Å²) < 4.78 is 74.7. The molecule has 194 valence electrons. The second-order valence-corrected chi connectivity index (χ2v) is 10.5. The van der Waals surface area contributed by atoms with E-state index in [4.69, 9.17) is 15.2 Å². The lowest BCUT2D eigenvalue weighted by atomic mass is 10.1. The topological polar surface area (TPSA) is 228 Å². The molecule has 0 fully saturated rings. The molecule has 0 saturated heterocycles. The zero-order valence-electron chi connectivity index (χ0n) is 18.0. The Hall–Kier alpha value is -2.87. The molecule has 0 aliphatic heterocycles. The van der Waals surface area contributed by atoms with E-state index in [1.807, 2.05) is 0 Å². The molecule has 14 nitrogen and oxygen atoms in total. The molecule has 0 amide bonds. The standard InChI is InChI=1S/C19H19N3O11S3/c20-14-5-4-12-9-13(35(25,26)27)10-16(23)18(12)19(14)22-21-15-6-3-11(8-17(15)36(28,29)30)2-1-7-31-34-33-32-24/h3-6,8-10,23-24H,1-2,7,20H2,(H,25,26,27)(H,28,29,30)/b22-21+. The molecule has 0 saturated carbocycles. The Bertz CT molecular complexity index is 1510. The van der Waals surface area contributed by atoms with E-state index in [0.29, 0.717) is 30.7 Å². The first kappa shape index (κ1) is 27.7. The van der Waals surface area contributed by atoms with Gasteiger partial charge in [-0.3, -0.25) is 13.3 Å². The van der Waals surface area contributed by atoms with Gasteiger partial charge >= 0.3 is 0 Å². The summed E-state index contributed by atoms with van der Waals surface area (Å²) in [6.07, 6.45) is 0.770. The molecule has 0 atom stereocenters. The highest BCUT2D eigenvalue weighted by Gasteiger charge is 2.19. The van der Waals surface area contributed by atoms with E-state index in [2.05, 4.69) is 19.6 Å². The summed E-state index contributed by atoms with van der Waals surface area (Å²) in [7, 11) is -9.32. The van der Waals surface area contributed by atoms with E-state index in [0.717, 1.165) is 12.1 Å². The highest BCUT2D eigenvalue weighted by atomic mass is 32.2. The van der Waals surface area contributed by atoms with Crippen LogP contribution in [-0.2, 0) is 40.2 Å². The van der Waals surface area contributed by atoms with Gasteiger partial charge in [0.05, 0.1) is 22.6 Å². The third-order valence-corrected chi connectivity index (χ3v) is 6.82. The minimum Gasteiger partial charge on any atom is -0.507 e. The van der Waals surface area contributed by atoms with E-state index in [9.17, 15) is 31.0 Å². The number of hydrogen-bond acceptors (Lipinski definition) is 13. The van der Waals surface area contributed by atoms with Crippen molar-refractivity contribution in [2.45, 2.75) is 22.6 Å². The van der Waals surface area contributed by atoms with Gasteiger partial charge in [-0.2, -0.15) is 16.8 Å². The third-order valence-electron chi connectivity index (χ3n) is 4.73. The molecular formula is C19H19N3O11S3. The molecule has 0 aromatic heterocycles. The Morgan fingerprint density at radius 1 is 0.972 bits per heavy atom. The van der Waals surface area contributed by atoms with Crippen LogP contribution in [0.25, 0.3) is 10.8 Å².